The number of aromatic nitrogens is 2. The summed E-state index contributed by atoms with van der Waals surface area (Å²) in [5.74, 6) is 0.572. The summed E-state index contributed by atoms with van der Waals surface area (Å²) in [6.45, 7) is 4.37. The lowest BCUT2D eigenvalue weighted by Crippen LogP contribution is -2.33. The van der Waals surface area contributed by atoms with Crippen LogP contribution in [-0.4, -0.2) is 37.5 Å². The fraction of sp³-hybridized carbons (Fsp3) is 0.333. The van der Waals surface area contributed by atoms with Gasteiger partial charge >= 0.3 is 0 Å². The van der Waals surface area contributed by atoms with Gasteiger partial charge in [-0.3, -0.25) is 0 Å². The Morgan fingerprint density at radius 3 is 2.50 bits per heavy atom. The molecule has 0 aliphatic carbocycles. The lowest BCUT2D eigenvalue weighted by atomic mass is 10.2. The van der Waals surface area contributed by atoms with Gasteiger partial charge in [0.15, 0.2) is 0 Å². The van der Waals surface area contributed by atoms with Crippen molar-refractivity contribution in [3.05, 3.63) is 47.7 Å². The van der Waals surface area contributed by atoms with Crippen molar-refractivity contribution in [2.75, 3.05) is 17.3 Å². The largest absolute Gasteiger partial charge is 0.364 e. The Bertz CT molecular complexity index is 1190. The molecule has 2 heterocycles. The highest BCUT2D eigenvalue weighted by molar-refractivity contribution is 7.89. The van der Waals surface area contributed by atoms with E-state index in [4.69, 9.17) is 11.6 Å². The predicted octanol–water partition coefficient (Wildman–Crippen LogP) is 4.31. The summed E-state index contributed by atoms with van der Waals surface area (Å²) < 4.78 is 27.2. The zero-order valence-electron chi connectivity index (χ0n) is 17.1. The van der Waals surface area contributed by atoms with Gasteiger partial charge in [-0.05, 0) is 70.1 Å². The highest BCUT2D eigenvalue weighted by atomic mass is 35.5. The first-order valence-corrected chi connectivity index (χ1v) is 11.7. The van der Waals surface area contributed by atoms with Crippen molar-refractivity contribution < 1.29 is 8.42 Å². The van der Waals surface area contributed by atoms with Crippen molar-refractivity contribution in [3.8, 4) is 0 Å². The van der Waals surface area contributed by atoms with Crippen LogP contribution in [0, 0.1) is 0 Å². The Morgan fingerprint density at radius 2 is 1.80 bits per heavy atom. The quantitative estimate of drug-likeness (QED) is 0.608. The molecule has 30 heavy (non-hydrogen) atoms. The van der Waals surface area contributed by atoms with Gasteiger partial charge in [-0.15, -0.1) is 0 Å². The van der Waals surface area contributed by atoms with E-state index < -0.39 is 10.0 Å². The summed E-state index contributed by atoms with van der Waals surface area (Å²) in [4.78, 5) is 11.2. The van der Waals surface area contributed by atoms with E-state index >= 15 is 0 Å². The van der Waals surface area contributed by atoms with Crippen molar-refractivity contribution in [1.82, 2.24) is 14.7 Å². The van der Waals surface area contributed by atoms with E-state index in [1.165, 1.54) is 13.4 Å². The number of sulfonamides is 1. The number of fused-ring (bicyclic) bond motifs is 1. The molecule has 0 bridgehead atoms. The minimum atomic E-state index is -3.59. The lowest BCUT2D eigenvalue weighted by Gasteiger charge is -2.31. The average molecular weight is 446 g/mol. The molecule has 1 fully saturated rings. The van der Waals surface area contributed by atoms with Crippen LogP contribution in [0.1, 0.15) is 26.7 Å². The summed E-state index contributed by atoms with van der Waals surface area (Å²) in [7, 11) is -2.19. The van der Waals surface area contributed by atoms with Gasteiger partial charge in [0.1, 0.15) is 12.1 Å². The molecule has 1 aliphatic heterocycles. The number of hydrogen-bond donors (Lipinski definition) is 2. The van der Waals surface area contributed by atoms with Crippen LogP contribution in [0.15, 0.2) is 47.6 Å². The maximum Gasteiger partial charge on any atom is 0.240 e. The molecule has 0 radical (unpaired) electrons. The normalized spacial score (nSPS) is 19.4. The van der Waals surface area contributed by atoms with Crippen LogP contribution in [0.25, 0.3) is 10.9 Å². The van der Waals surface area contributed by atoms with E-state index in [1.807, 2.05) is 12.1 Å². The Kier molecular flexibility index (Phi) is 5.57. The van der Waals surface area contributed by atoms with Gasteiger partial charge in [-0.1, -0.05) is 11.6 Å². The molecule has 0 amide bonds. The van der Waals surface area contributed by atoms with E-state index in [-0.39, 0.29) is 4.90 Å². The molecule has 2 aromatic carbocycles. The first-order chi connectivity index (χ1) is 14.3. The van der Waals surface area contributed by atoms with E-state index in [0.717, 1.165) is 29.4 Å². The van der Waals surface area contributed by atoms with Gasteiger partial charge in [0, 0.05) is 22.5 Å². The van der Waals surface area contributed by atoms with E-state index in [9.17, 15) is 8.42 Å². The third-order valence-corrected chi connectivity index (χ3v) is 7.27. The van der Waals surface area contributed by atoms with E-state index in [1.54, 1.807) is 24.3 Å². The molecular weight excluding hydrogens is 422 g/mol. The molecule has 0 saturated carbocycles. The first kappa shape index (κ1) is 20.8. The summed E-state index contributed by atoms with van der Waals surface area (Å²) in [5, 5.41) is 4.70. The van der Waals surface area contributed by atoms with Crippen molar-refractivity contribution in [3.63, 3.8) is 0 Å². The maximum absolute atomic E-state index is 12.4. The molecule has 0 spiro atoms. The van der Waals surface area contributed by atoms with Gasteiger partial charge in [0.05, 0.1) is 21.8 Å². The van der Waals surface area contributed by atoms with Gasteiger partial charge in [0.25, 0.3) is 0 Å². The van der Waals surface area contributed by atoms with Crippen LogP contribution in [0.2, 0.25) is 5.02 Å². The first-order valence-electron chi connectivity index (χ1n) is 9.83. The second-order valence-corrected chi connectivity index (χ2v) is 9.90. The molecule has 4 rings (SSSR count). The van der Waals surface area contributed by atoms with Crippen LogP contribution >= 0.6 is 11.6 Å². The molecule has 158 valence electrons. The van der Waals surface area contributed by atoms with Gasteiger partial charge in [0.2, 0.25) is 10.0 Å². The van der Waals surface area contributed by atoms with Crippen LogP contribution in [0.5, 0.6) is 0 Å². The third kappa shape index (κ3) is 3.82. The molecule has 1 aromatic heterocycles. The molecular formula is C21H24ClN5O2S. The summed E-state index contributed by atoms with van der Waals surface area (Å²) in [6, 6.07) is 11.3. The van der Waals surface area contributed by atoms with Gasteiger partial charge in [-0.25, -0.2) is 23.1 Å². The van der Waals surface area contributed by atoms with Gasteiger partial charge < -0.3 is 10.2 Å². The standard InChI is InChI=1S/C21H24ClN5O2S/c1-13-4-5-14(2)27(13)20-9-7-16(30(28,29)23-3)11-19(20)26-21-17-10-15(22)6-8-18(17)24-12-25-21/h6-14,23H,4-5H2,1-3H3,(H,24,25,26). The third-order valence-electron chi connectivity index (χ3n) is 5.63. The Hall–Kier alpha value is -2.42. The topological polar surface area (TPSA) is 87.2 Å². The number of anilines is 3. The van der Waals surface area contributed by atoms with Crippen molar-refractivity contribution in [1.29, 1.82) is 0 Å². The molecule has 1 aliphatic rings. The second-order valence-electron chi connectivity index (χ2n) is 7.58. The number of rotatable bonds is 5. The minimum absolute atomic E-state index is 0.187. The Morgan fingerprint density at radius 1 is 1.07 bits per heavy atom. The summed E-state index contributed by atoms with van der Waals surface area (Å²) in [5.41, 5.74) is 2.36. The monoisotopic (exact) mass is 445 g/mol. The van der Waals surface area contributed by atoms with E-state index in [2.05, 4.69) is 38.8 Å². The second kappa shape index (κ2) is 8.02. The molecule has 2 N–H and O–H groups in total. The highest BCUT2D eigenvalue weighted by Gasteiger charge is 2.30. The molecule has 3 aromatic rings. The zero-order chi connectivity index (χ0) is 21.5. The molecule has 2 atom stereocenters. The van der Waals surface area contributed by atoms with Crippen LogP contribution in [0.4, 0.5) is 17.2 Å². The lowest BCUT2D eigenvalue weighted by molar-refractivity contribution is 0.588. The number of benzene rings is 2. The number of hydrogen-bond acceptors (Lipinski definition) is 6. The molecule has 1 saturated heterocycles. The summed E-state index contributed by atoms with van der Waals surface area (Å²) in [6.07, 6.45) is 3.65. The average Bonchev–Trinajstić information content (AvgIpc) is 3.06. The van der Waals surface area contributed by atoms with E-state index in [0.29, 0.717) is 28.6 Å². The predicted molar refractivity (Wildman–Crippen MR) is 121 cm³/mol. The number of nitrogens with zero attached hydrogens (tertiary/aromatic N) is 3. The van der Waals surface area contributed by atoms with Crippen molar-refractivity contribution >= 4 is 49.7 Å². The van der Waals surface area contributed by atoms with Crippen LogP contribution in [-0.2, 0) is 10.0 Å². The highest BCUT2D eigenvalue weighted by Crippen LogP contribution is 2.38. The zero-order valence-corrected chi connectivity index (χ0v) is 18.6. The Balaban J connectivity index is 1.87. The van der Waals surface area contributed by atoms with Crippen molar-refractivity contribution in [2.24, 2.45) is 0 Å². The molecule has 7 nitrogen and oxygen atoms in total. The fourth-order valence-corrected chi connectivity index (χ4v) is 4.98. The maximum atomic E-state index is 12.4. The Labute approximate surface area is 181 Å². The smallest absolute Gasteiger partial charge is 0.240 e. The SMILES string of the molecule is CNS(=O)(=O)c1ccc(N2C(C)CCC2C)c(Nc2ncnc3ccc(Cl)cc23)c1. The van der Waals surface area contributed by atoms with Crippen LogP contribution < -0.4 is 14.9 Å². The molecule has 9 heteroatoms. The number of halogens is 1. The molecule has 2 unspecified atom stereocenters. The number of nitrogens with one attached hydrogen (secondary N) is 2. The van der Waals surface area contributed by atoms with Gasteiger partial charge in [-0.2, -0.15) is 0 Å². The van der Waals surface area contributed by atoms with Crippen molar-refractivity contribution in [2.45, 2.75) is 43.7 Å². The minimum Gasteiger partial charge on any atom is -0.364 e. The summed E-state index contributed by atoms with van der Waals surface area (Å²) >= 11 is 6.19. The fourth-order valence-electron chi connectivity index (χ4n) is 4.05. The van der Waals surface area contributed by atoms with Crippen LogP contribution in [0.3, 0.4) is 0 Å².